The molecular weight excluding hydrogens is 332 g/mol. The summed E-state index contributed by atoms with van der Waals surface area (Å²) >= 11 is 0. The molecule has 26 heavy (non-hydrogen) atoms. The highest BCUT2D eigenvalue weighted by Gasteiger charge is 2.39. The van der Waals surface area contributed by atoms with Gasteiger partial charge in [-0.05, 0) is 42.9 Å². The number of amides is 1. The van der Waals surface area contributed by atoms with Gasteiger partial charge in [0, 0.05) is 25.4 Å². The summed E-state index contributed by atoms with van der Waals surface area (Å²) in [6.07, 6.45) is 6.68. The van der Waals surface area contributed by atoms with Gasteiger partial charge in [-0.3, -0.25) is 9.59 Å². The van der Waals surface area contributed by atoms with E-state index in [0.29, 0.717) is 11.8 Å². The van der Waals surface area contributed by atoms with Gasteiger partial charge in [-0.2, -0.15) is 0 Å². The van der Waals surface area contributed by atoms with Crippen LogP contribution in [-0.2, 0) is 21.1 Å². The Labute approximate surface area is 155 Å². The summed E-state index contributed by atoms with van der Waals surface area (Å²) < 4.78 is 1.75. The molecule has 4 rings (SSSR count). The monoisotopic (exact) mass is 362 g/mol. The first-order valence-corrected chi connectivity index (χ1v) is 9.35. The van der Waals surface area contributed by atoms with E-state index in [1.165, 1.54) is 0 Å². The van der Waals surface area contributed by atoms with Gasteiger partial charge in [0.05, 0.1) is 0 Å². The molecule has 1 aromatic heterocycles. The Bertz CT molecular complexity index is 666. The summed E-state index contributed by atoms with van der Waals surface area (Å²) in [5, 5.41) is 0. The van der Waals surface area contributed by atoms with Crippen molar-refractivity contribution in [3.63, 3.8) is 0 Å². The molecule has 0 N–H and O–H groups in total. The van der Waals surface area contributed by atoms with Crippen LogP contribution in [0.3, 0.4) is 0 Å². The highest BCUT2D eigenvalue weighted by molar-refractivity contribution is 5.84. The molecule has 3 aliphatic rings. The molecule has 0 spiro atoms. The number of aryl methyl sites for hydroxylation is 1. The predicted octanol–water partition coefficient (Wildman–Crippen LogP) is 2.98. The lowest BCUT2D eigenvalue weighted by Gasteiger charge is -2.39. The van der Waals surface area contributed by atoms with E-state index in [0.717, 1.165) is 25.9 Å². The second-order valence-electron chi connectivity index (χ2n) is 7.52. The number of carbonyl (C=O) groups excluding carboxylic acids is 1. The Hall–Kier alpha value is -1.92. The van der Waals surface area contributed by atoms with Crippen LogP contribution in [0, 0.1) is 11.8 Å². The van der Waals surface area contributed by atoms with Crippen LogP contribution in [0.4, 0.5) is 0 Å². The summed E-state index contributed by atoms with van der Waals surface area (Å²) in [6, 6.07) is 5.26. The minimum Gasteiger partial charge on any atom is -0.316 e. The maximum absolute atomic E-state index is 11.7. The first kappa shape index (κ1) is 20.4. The van der Waals surface area contributed by atoms with Crippen LogP contribution in [0.2, 0.25) is 0 Å². The maximum atomic E-state index is 11.7. The maximum Gasteiger partial charge on any atom is 0.261 e. The Balaban J connectivity index is 0.000000190. The lowest BCUT2D eigenvalue weighted by atomic mass is 10.1. The van der Waals surface area contributed by atoms with Crippen LogP contribution in [0.1, 0.15) is 40.5 Å². The zero-order valence-electron chi connectivity index (χ0n) is 16.1. The Kier molecular flexibility index (Phi) is 7.60. The van der Waals surface area contributed by atoms with Gasteiger partial charge in [0.15, 0.2) is 12.3 Å². The molecule has 4 heterocycles. The quantitative estimate of drug-likeness (QED) is 0.577. The Morgan fingerprint density at radius 1 is 0.962 bits per heavy atom. The second-order valence-corrected chi connectivity index (χ2v) is 7.52. The minimum absolute atomic E-state index is 0.0180. The number of aromatic nitrogens is 1. The molecule has 0 saturated carbocycles. The normalized spacial score (nSPS) is 21.3. The molecule has 1 fully saturated rings. The Morgan fingerprint density at radius 2 is 1.65 bits per heavy atom. The van der Waals surface area contributed by atoms with Crippen molar-refractivity contribution in [2.75, 3.05) is 6.54 Å². The number of carbonyl (C=O) groups is 1. The van der Waals surface area contributed by atoms with E-state index in [1.807, 2.05) is 18.3 Å². The minimum atomic E-state index is -0.521. The van der Waals surface area contributed by atoms with Gasteiger partial charge < -0.3 is 9.47 Å². The average Bonchev–Trinajstić information content (AvgIpc) is 2.61. The standard InChI is InChI=1S/C10H15NO3.C10H15NO/c1-7(2)5-6-11-9-4-3-8(10(11)12)13-14-9;1-9(2)6-8-11-7-4-3-5-10(11)12/h3-4,7-9H,5-6H2,1-2H3;3-5,7,9H,6,8H2,1-2H3. The van der Waals surface area contributed by atoms with E-state index >= 15 is 0 Å². The van der Waals surface area contributed by atoms with Crippen molar-refractivity contribution in [2.45, 2.75) is 59.4 Å². The third-order valence-corrected chi connectivity index (χ3v) is 4.34. The number of hydrogen-bond acceptors (Lipinski definition) is 4. The summed E-state index contributed by atoms with van der Waals surface area (Å²) in [6.45, 7) is 10.2. The fourth-order valence-corrected chi connectivity index (χ4v) is 2.62. The lowest BCUT2D eigenvalue weighted by Crippen LogP contribution is -2.54. The molecule has 2 bridgehead atoms. The first-order chi connectivity index (χ1) is 12.4. The van der Waals surface area contributed by atoms with Crippen LogP contribution in [0.15, 0.2) is 41.3 Å². The van der Waals surface area contributed by atoms with Crippen LogP contribution in [0.25, 0.3) is 0 Å². The Morgan fingerprint density at radius 3 is 2.19 bits per heavy atom. The van der Waals surface area contributed by atoms with E-state index in [2.05, 4.69) is 27.7 Å². The second kappa shape index (κ2) is 9.69. The number of rotatable bonds is 6. The molecule has 0 aliphatic carbocycles. The van der Waals surface area contributed by atoms with Gasteiger partial charge in [-0.15, -0.1) is 0 Å². The smallest absolute Gasteiger partial charge is 0.261 e. The van der Waals surface area contributed by atoms with Crippen molar-refractivity contribution in [1.82, 2.24) is 9.47 Å². The van der Waals surface area contributed by atoms with Gasteiger partial charge in [0.25, 0.3) is 5.91 Å². The summed E-state index contributed by atoms with van der Waals surface area (Å²) in [4.78, 5) is 34.5. The predicted molar refractivity (Wildman–Crippen MR) is 100 cm³/mol. The van der Waals surface area contributed by atoms with E-state index in [4.69, 9.17) is 9.78 Å². The number of nitrogens with zero attached hydrogens (tertiary/aromatic N) is 2. The van der Waals surface area contributed by atoms with Crippen LogP contribution >= 0.6 is 0 Å². The van der Waals surface area contributed by atoms with Crippen molar-refractivity contribution in [1.29, 1.82) is 0 Å². The van der Waals surface area contributed by atoms with Crippen LogP contribution in [0.5, 0.6) is 0 Å². The van der Waals surface area contributed by atoms with Gasteiger partial charge in [0.2, 0.25) is 5.56 Å². The highest BCUT2D eigenvalue weighted by atomic mass is 17.2. The summed E-state index contributed by atoms with van der Waals surface area (Å²) in [5.41, 5.74) is 0.0955. The van der Waals surface area contributed by atoms with Gasteiger partial charge in [-0.25, -0.2) is 9.78 Å². The molecule has 1 aromatic rings. The first-order valence-electron chi connectivity index (χ1n) is 9.35. The largest absolute Gasteiger partial charge is 0.316 e. The molecule has 6 heteroatoms. The molecular formula is C20H30N2O4. The van der Waals surface area contributed by atoms with Crippen LogP contribution in [-0.4, -0.2) is 34.3 Å². The molecule has 0 aromatic carbocycles. The fourth-order valence-electron chi connectivity index (χ4n) is 2.62. The number of fused-ring (bicyclic) bond motifs is 2. The molecule has 2 atom stereocenters. The van der Waals surface area contributed by atoms with Crippen molar-refractivity contribution in [2.24, 2.45) is 11.8 Å². The fraction of sp³-hybridized carbons (Fsp3) is 0.600. The van der Waals surface area contributed by atoms with Gasteiger partial charge in [-0.1, -0.05) is 33.8 Å². The van der Waals surface area contributed by atoms with Gasteiger partial charge >= 0.3 is 0 Å². The molecule has 2 unspecified atom stereocenters. The average molecular weight is 362 g/mol. The zero-order chi connectivity index (χ0) is 19.1. The van der Waals surface area contributed by atoms with Crippen molar-refractivity contribution >= 4 is 5.91 Å². The van der Waals surface area contributed by atoms with E-state index < -0.39 is 6.10 Å². The number of pyridine rings is 1. The zero-order valence-corrected chi connectivity index (χ0v) is 16.1. The number of hydrogen-bond donors (Lipinski definition) is 0. The summed E-state index contributed by atoms with van der Waals surface area (Å²) in [5.74, 6) is 1.26. The molecule has 144 valence electrons. The molecule has 3 aliphatic heterocycles. The van der Waals surface area contributed by atoms with Gasteiger partial charge in [0.1, 0.15) is 0 Å². The molecule has 1 amide bonds. The topological polar surface area (TPSA) is 60.8 Å². The van der Waals surface area contributed by atoms with E-state index in [9.17, 15) is 9.59 Å². The molecule has 1 saturated heterocycles. The highest BCUT2D eigenvalue weighted by Crippen LogP contribution is 2.23. The molecule has 6 nitrogen and oxygen atoms in total. The van der Waals surface area contributed by atoms with Crippen LogP contribution < -0.4 is 5.56 Å². The van der Waals surface area contributed by atoms with Crippen molar-refractivity contribution < 1.29 is 14.6 Å². The third kappa shape index (κ3) is 5.81. The third-order valence-electron chi connectivity index (χ3n) is 4.34. The van der Waals surface area contributed by atoms with E-state index in [1.54, 1.807) is 27.7 Å². The summed E-state index contributed by atoms with van der Waals surface area (Å²) in [7, 11) is 0. The van der Waals surface area contributed by atoms with Crippen molar-refractivity contribution in [3.05, 3.63) is 46.9 Å². The molecule has 0 radical (unpaired) electrons. The van der Waals surface area contributed by atoms with E-state index in [-0.39, 0.29) is 17.7 Å². The van der Waals surface area contributed by atoms with Crippen molar-refractivity contribution in [3.8, 4) is 0 Å². The SMILES string of the molecule is CC(C)CCN1C(=O)C2C=CC1OO2.CC(C)CCn1ccccc1=O. The lowest BCUT2D eigenvalue weighted by molar-refractivity contribution is -0.375.